The maximum absolute atomic E-state index is 9.72. The van der Waals surface area contributed by atoms with Gasteiger partial charge in [-0.05, 0) is 52.6 Å². The number of nitrogens with zero attached hydrogens (tertiary/aromatic N) is 1. The lowest BCUT2D eigenvalue weighted by atomic mass is 9.95. The molecule has 118 valence electrons. The summed E-state index contributed by atoms with van der Waals surface area (Å²) in [6, 6.07) is 19.9. The van der Waals surface area contributed by atoms with E-state index in [0.717, 1.165) is 19.5 Å². The summed E-state index contributed by atoms with van der Waals surface area (Å²) in [5, 5.41) is 15.0. The second-order valence-corrected chi connectivity index (χ2v) is 6.60. The molecule has 1 fully saturated rings. The van der Waals surface area contributed by atoms with Gasteiger partial charge in [0.2, 0.25) is 0 Å². The third-order valence-corrected chi connectivity index (χ3v) is 5.20. The molecule has 3 aromatic rings. The highest BCUT2D eigenvalue weighted by atomic mass is 16.3. The van der Waals surface area contributed by atoms with Crippen molar-refractivity contribution in [3.05, 3.63) is 60.2 Å². The number of piperidine rings is 1. The first-order valence-electron chi connectivity index (χ1n) is 8.61. The molecule has 1 aliphatic rings. The van der Waals surface area contributed by atoms with E-state index in [1.807, 2.05) is 0 Å². The molecule has 1 heterocycles. The number of aliphatic hydroxyl groups excluding tert-OH is 1. The quantitative estimate of drug-likeness (QED) is 0.728. The van der Waals surface area contributed by atoms with Crippen molar-refractivity contribution in [3.63, 3.8) is 0 Å². The molecule has 1 aliphatic heterocycles. The predicted octanol–water partition coefficient (Wildman–Crippen LogP) is 4.34. The maximum Gasteiger partial charge on any atom is 0.0586 e. The van der Waals surface area contributed by atoms with Crippen LogP contribution in [-0.4, -0.2) is 29.2 Å². The predicted molar refractivity (Wildman–Crippen MR) is 96.6 cm³/mol. The van der Waals surface area contributed by atoms with Crippen LogP contribution in [0.3, 0.4) is 0 Å². The molecule has 2 heteroatoms. The van der Waals surface area contributed by atoms with Crippen LogP contribution in [0.25, 0.3) is 21.5 Å². The highest BCUT2D eigenvalue weighted by Crippen LogP contribution is 2.31. The molecule has 0 radical (unpaired) electrons. The number of benzene rings is 3. The van der Waals surface area contributed by atoms with Crippen LogP contribution in [0, 0.1) is 0 Å². The molecule has 0 spiro atoms. The van der Waals surface area contributed by atoms with Gasteiger partial charge >= 0.3 is 0 Å². The Morgan fingerprint density at radius 1 is 0.913 bits per heavy atom. The highest BCUT2D eigenvalue weighted by molar-refractivity contribution is 6.02. The lowest BCUT2D eigenvalue weighted by molar-refractivity contribution is 0.0848. The van der Waals surface area contributed by atoms with Gasteiger partial charge < -0.3 is 5.11 Å². The van der Waals surface area contributed by atoms with E-state index in [4.69, 9.17) is 0 Å². The zero-order valence-electron chi connectivity index (χ0n) is 13.4. The van der Waals surface area contributed by atoms with Crippen LogP contribution in [-0.2, 0) is 6.54 Å². The van der Waals surface area contributed by atoms with E-state index in [2.05, 4.69) is 59.5 Å². The lowest BCUT2D eigenvalue weighted by Crippen LogP contribution is -2.41. The van der Waals surface area contributed by atoms with E-state index in [1.165, 1.54) is 39.9 Å². The van der Waals surface area contributed by atoms with Crippen molar-refractivity contribution in [3.8, 4) is 0 Å². The normalized spacial score (nSPS) is 19.4. The van der Waals surface area contributed by atoms with E-state index in [0.29, 0.717) is 6.04 Å². The lowest BCUT2D eigenvalue weighted by Gasteiger charge is -2.35. The molecule has 23 heavy (non-hydrogen) atoms. The third-order valence-electron chi connectivity index (χ3n) is 5.20. The minimum absolute atomic E-state index is 0.267. The fourth-order valence-corrected chi connectivity index (χ4v) is 3.96. The number of rotatable bonds is 3. The van der Waals surface area contributed by atoms with E-state index in [1.54, 1.807) is 0 Å². The molecule has 3 aromatic carbocycles. The molecule has 0 unspecified atom stereocenters. The molecule has 0 aliphatic carbocycles. The molecule has 1 saturated heterocycles. The molecule has 0 amide bonds. The zero-order valence-corrected chi connectivity index (χ0v) is 13.4. The van der Waals surface area contributed by atoms with Gasteiger partial charge in [-0.2, -0.15) is 0 Å². The third kappa shape index (κ3) is 2.73. The first kappa shape index (κ1) is 14.7. The second-order valence-electron chi connectivity index (χ2n) is 6.60. The summed E-state index contributed by atoms with van der Waals surface area (Å²) < 4.78 is 0. The van der Waals surface area contributed by atoms with Crippen molar-refractivity contribution < 1.29 is 5.11 Å². The summed E-state index contributed by atoms with van der Waals surface area (Å²) >= 11 is 0. The minimum atomic E-state index is 0.267. The van der Waals surface area contributed by atoms with Crippen LogP contribution in [0.15, 0.2) is 54.6 Å². The topological polar surface area (TPSA) is 23.5 Å². The van der Waals surface area contributed by atoms with Gasteiger partial charge in [0.05, 0.1) is 6.61 Å². The molecular formula is C21H23NO. The van der Waals surface area contributed by atoms with Gasteiger partial charge in [0.1, 0.15) is 0 Å². The van der Waals surface area contributed by atoms with Crippen LogP contribution in [0.1, 0.15) is 24.8 Å². The Kier molecular flexibility index (Phi) is 4.02. The summed E-state index contributed by atoms with van der Waals surface area (Å²) in [5.41, 5.74) is 1.40. The van der Waals surface area contributed by atoms with E-state index in [-0.39, 0.29) is 6.61 Å². The molecule has 0 bridgehead atoms. The fourth-order valence-electron chi connectivity index (χ4n) is 3.96. The standard InChI is InChI=1S/C21H23NO/c23-15-18-9-5-6-12-22(18)14-21-19-10-3-1-7-16(19)13-17-8-2-4-11-20(17)21/h1-4,7-8,10-11,13,18,23H,5-6,9,12,14-15H2/t18-/m0/s1. The molecule has 2 nitrogen and oxygen atoms in total. The summed E-state index contributed by atoms with van der Waals surface area (Å²) in [6.45, 7) is 2.28. The highest BCUT2D eigenvalue weighted by Gasteiger charge is 2.22. The average molecular weight is 305 g/mol. The first-order valence-corrected chi connectivity index (χ1v) is 8.61. The Labute approximate surface area is 137 Å². The van der Waals surface area contributed by atoms with Gasteiger partial charge in [-0.15, -0.1) is 0 Å². The minimum Gasteiger partial charge on any atom is -0.395 e. The summed E-state index contributed by atoms with van der Waals surface area (Å²) in [4.78, 5) is 2.47. The van der Waals surface area contributed by atoms with Crippen molar-refractivity contribution in [2.24, 2.45) is 0 Å². The Morgan fingerprint density at radius 2 is 1.57 bits per heavy atom. The largest absolute Gasteiger partial charge is 0.395 e. The van der Waals surface area contributed by atoms with Gasteiger partial charge in [0.15, 0.2) is 0 Å². The molecule has 0 aromatic heterocycles. The Morgan fingerprint density at radius 3 is 2.22 bits per heavy atom. The van der Waals surface area contributed by atoms with Crippen LogP contribution >= 0.6 is 0 Å². The number of aliphatic hydroxyl groups is 1. The summed E-state index contributed by atoms with van der Waals surface area (Å²) in [7, 11) is 0. The smallest absolute Gasteiger partial charge is 0.0586 e. The van der Waals surface area contributed by atoms with Crippen molar-refractivity contribution in [1.82, 2.24) is 4.90 Å². The van der Waals surface area contributed by atoms with Gasteiger partial charge in [-0.25, -0.2) is 0 Å². The number of fused-ring (bicyclic) bond motifs is 2. The molecule has 1 N–H and O–H groups in total. The van der Waals surface area contributed by atoms with Gasteiger partial charge in [-0.3, -0.25) is 4.90 Å². The van der Waals surface area contributed by atoms with Gasteiger partial charge in [0.25, 0.3) is 0 Å². The van der Waals surface area contributed by atoms with Crippen LogP contribution in [0.2, 0.25) is 0 Å². The van der Waals surface area contributed by atoms with Crippen molar-refractivity contribution in [1.29, 1.82) is 0 Å². The first-order chi connectivity index (χ1) is 11.4. The Hall–Kier alpha value is -1.90. The van der Waals surface area contributed by atoms with Crippen LogP contribution in [0.4, 0.5) is 0 Å². The van der Waals surface area contributed by atoms with Crippen molar-refractivity contribution >= 4 is 21.5 Å². The van der Waals surface area contributed by atoms with Crippen LogP contribution < -0.4 is 0 Å². The zero-order chi connectivity index (χ0) is 15.6. The van der Waals surface area contributed by atoms with E-state index < -0.39 is 0 Å². The number of hydrogen-bond acceptors (Lipinski definition) is 2. The van der Waals surface area contributed by atoms with E-state index >= 15 is 0 Å². The van der Waals surface area contributed by atoms with Gasteiger partial charge in [-0.1, -0.05) is 55.0 Å². The average Bonchev–Trinajstić information content (AvgIpc) is 2.62. The molecule has 1 atom stereocenters. The summed E-state index contributed by atoms with van der Waals surface area (Å²) in [6.07, 6.45) is 3.58. The monoisotopic (exact) mass is 305 g/mol. The van der Waals surface area contributed by atoms with Crippen molar-refractivity contribution in [2.45, 2.75) is 31.8 Å². The van der Waals surface area contributed by atoms with Gasteiger partial charge in [0, 0.05) is 12.6 Å². The summed E-state index contributed by atoms with van der Waals surface area (Å²) in [5.74, 6) is 0. The fraction of sp³-hybridized carbons (Fsp3) is 0.333. The maximum atomic E-state index is 9.72. The number of likely N-dealkylation sites (tertiary alicyclic amines) is 1. The SMILES string of the molecule is OC[C@@H]1CCCCN1Cc1c2ccccc2cc2ccccc12. The molecule has 4 rings (SSSR count). The number of hydrogen-bond donors (Lipinski definition) is 1. The molecule has 0 saturated carbocycles. The van der Waals surface area contributed by atoms with Crippen molar-refractivity contribution in [2.75, 3.05) is 13.2 Å². The van der Waals surface area contributed by atoms with Crippen LogP contribution in [0.5, 0.6) is 0 Å². The Bertz CT molecular complexity index is 772. The Balaban J connectivity index is 1.85. The molecular weight excluding hydrogens is 282 g/mol. The van der Waals surface area contributed by atoms with E-state index in [9.17, 15) is 5.11 Å². The second kappa shape index (κ2) is 6.31.